The van der Waals surface area contributed by atoms with Gasteiger partial charge in [0.2, 0.25) is 0 Å². The summed E-state index contributed by atoms with van der Waals surface area (Å²) in [7, 11) is 0. The Bertz CT molecular complexity index is 695. The molecule has 3 atom stereocenters. The van der Waals surface area contributed by atoms with Crippen LogP contribution in [0.4, 0.5) is 4.39 Å². The van der Waals surface area contributed by atoms with Crippen molar-refractivity contribution in [1.82, 2.24) is 19.5 Å². The van der Waals surface area contributed by atoms with E-state index in [1.165, 1.54) is 6.33 Å². The van der Waals surface area contributed by atoms with Gasteiger partial charge in [-0.25, -0.2) is 19.3 Å². The molecule has 1 fully saturated rings. The third kappa shape index (κ3) is 1.81. The Kier molecular flexibility index (Phi) is 3.26. The molecule has 2 aromatic heterocycles. The lowest BCUT2D eigenvalue weighted by Crippen LogP contribution is -2.37. The minimum Gasteiger partial charge on any atom is -0.395 e. The standard InChI is InChI=1S/C14H17FN4O2/c1-8-10(3-11(21)14(8,4-15)5-20)19-7-18-12-9(2)16-6-17-13(12)19/h6-7,10-11,20-21H,1,3-5H2,2H3/t10-,11-,14-/m0/s1. The van der Waals surface area contributed by atoms with E-state index in [4.69, 9.17) is 0 Å². The Labute approximate surface area is 121 Å². The first kappa shape index (κ1) is 14.1. The summed E-state index contributed by atoms with van der Waals surface area (Å²) >= 11 is 0. The first-order valence-corrected chi connectivity index (χ1v) is 6.73. The summed E-state index contributed by atoms with van der Waals surface area (Å²) < 4.78 is 15.2. The zero-order valence-electron chi connectivity index (χ0n) is 11.7. The van der Waals surface area contributed by atoms with Gasteiger partial charge in [0.25, 0.3) is 0 Å². The molecule has 21 heavy (non-hydrogen) atoms. The smallest absolute Gasteiger partial charge is 0.164 e. The van der Waals surface area contributed by atoms with E-state index in [-0.39, 0.29) is 12.5 Å². The largest absolute Gasteiger partial charge is 0.395 e. The zero-order chi connectivity index (χ0) is 15.2. The van der Waals surface area contributed by atoms with E-state index in [0.29, 0.717) is 16.7 Å². The molecule has 7 heteroatoms. The predicted molar refractivity (Wildman–Crippen MR) is 74.4 cm³/mol. The van der Waals surface area contributed by atoms with Crippen LogP contribution < -0.4 is 0 Å². The van der Waals surface area contributed by atoms with Gasteiger partial charge >= 0.3 is 0 Å². The van der Waals surface area contributed by atoms with E-state index in [9.17, 15) is 14.6 Å². The molecular formula is C14H17FN4O2. The van der Waals surface area contributed by atoms with E-state index in [2.05, 4.69) is 21.5 Å². The van der Waals surface area contributed by atoms with Gasteiger partial charge in [-0.2, -0.15) is 0 Å². The highest BCUT2D eigenvalue weighted by molar-refractivity contribution is 5.73. The molecular weight excluding hydrogens is 275 g/mol. The van der Waals surface area contributed by atoms with Crippen molar-refractivity contribution in [2.75, 3.05) is 13.3 Å². The average molecular weight is 292 g/mol. The summed E-state index contributed by atoms with van der Waals surface area (Å²) in [6, 6.07) is -0.345. The van der Waals surface area contributed by atoms with E-state index in [1.54, 1.807) is 10.9 Å². The van der Waals surface area contributed by atoms with Crippen LogP contribution in [0, 0.1) is 12.3 Å². The van der Waals surface area contributed by atoms with Crippen molar-refractivity contribution in [1.29, 1.82) is 0 Å². The average Bonchev–Trinajstić information content (AvgIpc) is 3.00. The van der Waals surface area contributed by atoms with Gasteiger partial charge in [-0.1, -0.05) is 6.58 Å². The molecule has 6 nitrogen and oxygen atoms in total. The van der Waals surface area contributed by atoms with Crippen LogP contribution in [0.2, 0.25) is 0 Å². The number of aliphatic hydroxyl groups is 2. The summed E-state index contributed by atoms with van der Waals surface area (Å²) in [4.78, 5) is 12.6. The van der Waals surface area contributed by atoms with Gasteiger partial charge in [0.1, 0.15) is 18.5 Å². The molecule has 0 saturated heterocycles. The Morgan fingerprint density at radius 3 is 2.86 bits per heavy atom. The second kappa shape index (κ2) is 4.85. The molecule has 112 valence electrons. The highest BCUT2D eigenvalue weighted by atomic mass is 19.1. The second-order valence-corrected chi connectivity index (χ2v) is 5.52. The molecule has 2 heterocycles. The third-order valence-corrected chi connectivity index (χ3v) is 4.52. The van der Waals surface area contributed by atoms with Crippen LogP contribution in [0.15, 0.2) is 24.8 Å². The van der Waals surface area contributed by atoms with Gasteiger partial charge in [-0.05, 0) is 18.9 Å². The molecule has 0 spiro atoms. The fraction of sp³-hybridized carbons (Fsp3) is 0.500. The van der Waals surface area contributed by atoms with Crippen LogP contribution in [0.3, 0.4) is 0 Å². The Hall–Kier alpha value is -1.86. The summed E-state index contributed by atoms with van der Waals surface area (Å²) in [5, 5.41) is 19.7. The minimum atomic E-state index is -1.30. The van der Waals surface area contributed by atoms with E-state index in [1.807, 2.05) is 6.92 Å². The van der Waals surface area contributed by atoms with Gasteiger partial charge in [0.15, 0.2) is 5.65 Å². The lowest BCUT2D eigenvalue weighted by Gasteiger charge is -2.29. The van der Waals surface area contributed by atoms with Crippen LogP contribution in [-0.2, 0) is 0 Å². The molecule has 1 aliphatic rings. The van der Waals surface area contributed by atoms with Crippen molar-refractivity contribution in [3.8, 4) is 0 Å². The molecule has 3 rings (SSSR count). The topological polar surface area (TPSA) is 84.1 Å². The number of fused-ring (bicyclic) bond motifs is 1. The molecule has 0 aromatic carbocycles. The Morgan fingerprint density at radius 2 is 2.24 bits per heavy atom. The maximum absolute atomic E-state index is 13.4. The van der Waals surface area contributed by atoms with Crippen molar-refractivity contribution < 1.29 is 14.6 Å². The summed E-state index contributed by atoms with van der Waals surface area (Å²) in [6.07, 6.45) is 2.34. The fourth-order valence-corrected chi connectivity index (χ4v) is 3.03. The Morgan fingerprint density at radius 1 is 1.48 bits per heavy atom. The van der Waals surface area contributed by atoms with Crippen molar-refractivity contribution in [2.45, 2.75) is 25.5 Å². The molecule has 2 aromatic rings. The number of nitrogens with zero attached hydrogens (tertiary/aromatic N) is 4. The number of aliphatic hydroxyl groups excluding tert-OH is 2. The van der Waals surface area contributed by atoms with Crippen molar-refractivity contribution in [3.63, 3.8) is 0 Å². The van der Waals surface area contributed by atoms with Crippen molar-refractivity contribution in [2.24, 2.45) is 5.41 Å². The maximum Gasteiger partial charge on any atom is 0.164 e. The fourth-order valence-electron chi connectivity index (χ4n) is 3.03. The van der Waals surface area contributed by atoms with Gasteiger partial charge < -0.3 is 14.8 Å². The number of halogens is 1. The summed E-state index contributed by atoms with van der Waals surface area (Å²) in [5.41, 5.74) is 1.20. The predicted octanol–water partition coefficient (Wildman–Crippen LogP) is 0.945. The monoisotopic (exact) mass is 292 g/mol. The molecule has 2 N–H and O–H groups in total. The molecule has 0 unspecified atom stereocenters. The number of aromatic nitrogens is 4. The lowest BCUT2D eigenvalue weighted by atomic mass is 9.83. The normalized spacial score (nSPS) is 29.4. The highest BCUT2D eigenvalue weighted by Crippen LogP contribution is 2.48. The van der Waals surface area contributed by atoms with Crippen molar-refractivity contribution >= 4 is 11.2 Å². The Balaban J connectivity index is 2.09. The zero-order valence-corrected chi connectivity index (χ0v) is 11.7. The van der Waals surface area contributed by atoms with E-state index < -0.39 is 24.8 Å². The van der Waals surface area contributed by atoms with Gasteiger partial charge in [-0.15, -0.1) is 0 Å². The number of hydrogen-bond acceptors (Lipinski definition) is 5. The molecule has 0 radical (unpaired) electrons. The SMILES string of the molecule is C=C1[C@@H](n2cnc3c(C)ncnc32)C[C@H](O)[C@]1(CO)CF. The summed E-state index contributed by atoms with van der Waals surface area (Å²) in [5.74, 6) is 0. The number of alkyl halides is 1. The van der Waals surface area contributed by atoms with E-state index >= 15 is 0 Å². The first-order chi connectivity index (χ1) is 10.0. The van der Waals surface area contributed by atoms with Crippen LogP contribution in [0.1, 0.15) is 18.2 Å². The van der Waals surface area contributed by atoms with Gasteiger partial charge in [0.05, 0.1) is 36.2 Å². The quantitative estimate of drug-likeness (QED) is 0.823. The molecule has 0 aliphatic heterocycles. The molecule has 1 aliphatic carbocycles. The van der Waals surface area contributed by atoms with Gasteiger partial charge in [-0.3, -0.25) is 0 Å². The second-order valence-electron chi connectivity index (χ2n) is 5.52. The maximum atomic E-state index is 13.4. The van der Waals surface area contributed by atoms with Gasteiger partial charge in [0, 0.05) is 0 Å². The van der Waals surface area contributed by atoms with E-state index in [0.717, 1.165) is 5.69 Å². The highest BCUT2D eigenvalue weighted by Gasteiger charge is 2.50. The number of imidazole rings is 1. The minimum absolute atomic E-state index is 0.276. The number of aryl methyl sites for hydroxylation is 1. The first-order valence-electron chi connectivity index (χ1n) is 6.73. The molecule has 0 amide bonds. The molecule has 1 saturated carbocycles. The van der Waals surface area contributed by atoms with Crippen molar-refractivity contribution in [3.05, 3.63) is 30.5 Å². The third-order valence-electron chi connectivity index (χ3n) is 4.52. The number of rotatable bonds is 3. The lowest BCUT2D eigenvalue weighted by molar-refractivity contribution is 0.0110. The molecule has 0 bridgehead atoms. The van der Waals surface area contributed by atoms with Crippen LogP contribution >= 0.6 is 0 Å². The number of hydrogen-bond donors (Lipinski definition) is 2. The summed E-state index contributed by atoms with van der Waals surface area (Å²) in [6.45, 7) is 4.43. The van der Waals surface area contributed by atoms with Crippen LogP contribution in [-0.4, -0.2) is 49.1 Å². The van der Waals surface area contributed by atoms with Crippen LogP contribution in [0.5, 0.6) is 0 Å². The van der Waals surface area contributed by atoms with Crippen LogP contribution in [0.25, 0.3) is 11.2 Å².